The van der Waals surface area contributed by atoms with Crippen molar-refractivity contribution in [3.05, 3.63) is 65.1 Å². The molecule has 0 bridgehead atoms. The lowest BCUT2D eigenvalue weighted by molar-refractivity contribution is -0.123. The lowest BCUT2D eigenvalue weighted by Gasteiger charge is -2.29. The zero-order valence-electron chi connectivity index (χ0n) is 20.7. The van der Waals surface area contributed by atoms with Gasteiger partial charge in [-0.25, -0.2) is 4.39 Å². The highest BCUT2D eigenvalue weighted by atomic mass is 19.1. The van der Waals surface area contributed by atoms with Crippen LogP contribution in [0.1, 0.15) is 47.3 Å². The van der Waals surface area contributed by atoms with E-state index in [1.807, 2.05) is 12.1 Å². The first-order valence-electron chi connectivity index (χ1n) is 12.9. The molecule has 2 heterocycles. The number of amides is 2. The molecule has 1 saturated heterocycles. The molecule has 2 fully saturated rings. The number of nitrogens with zero attached hydrogens (tertiary/aromatic N) is 1. The Kier molecular flexibility index (Phi) is 7.23. The third-order valence-corrected chi connectivity index (χ3v) is 7.31. The van der Waals surface area contributed by atoms with E-state index in [2.05, 4.69) is 38.0 Å². The monoisotopic (exact) mass is 491 g/mol. The summed E-state index contributed by atoms with van der Waals surface area (Å²) in [5, 5.41) is 9.97. The molecular weight excluding hydrogens is 457 g/mol. The normalized spacial score (nSPS) is 16.7. The number of fused-ring (bicyclic) bond motifs is 1. The maximum Gasteiger partial charge on any atom is 0.268 e. The van der Waals surface area contributed by atoms with Crippen LogP contribution in [0.25, 0.3) is 10.9 Å². The van der Waals surface area contributed by atoms with Crippen molar-refractivity contribution in [1.82, 2.24) is 20.9 Å². The minimum absolute atomic E-state index is 0.185. The van der Waals surface area contributed by atoms with Gasteiger partial charge in [-0.05, 0) is 67.1 Å². The maximum atomic E-state index is 13.7. The van der Waals surface area contributed by atoms with Crippen molar-refractivity contribution in [3.63, 3.8) is 0 Å². The molecule has 1 aromatic heterocycles. The van der Waals surface area contributed by atoms with Gasteiger partial charge in [-0.2, -0.15) is 0 Å². The van der Waals surface area contributed by atoms with E-state index in [4.69, 9.17) is 0 Å². The molecular formula is C28H34FN5O2. The van der Waals surface area contributed by atoms with Crippen LogP contribution in [-0.2, 0) is 11.3 Å². The number of hydrogen-bond donors (Lipinski definition) is 4. The van der Waals surface area contributed by atoms with E-state index in [1.165, 1.54) is 30.7 Å². The number of rotatable bonds is 9. The highest BCUT2D eigenvalue weighted by molar-refractivity contribution is 6.02. The van der Waals surface area contributed by atoms with Gasteiger partial charge in [0.15, 0.2) is 0 Å². The van der Waals surface area contributed by atoms with Crippen LogP contribution in [0.15, 0.2) is 42.5 Å². The van der Waals surface area contributed by atoms with Gasteiger partial charge >= 0.3 is 0 Å². The molecule has 2 amide bonds. The number of carbonyl (C=O) groups is 2. The number of benzene rings is 2. The average Bonchev–Trinajstić information content (AvgIpc) is 3.68. The molecule has 36 heavy (non-hydrogen) atoms. The van der Waals surface area contributed by atoms with Gasteiger partial charge in [0.05, 0.1) is 0 Å². The second-order valence-electron chi connectivity index (χ2n) is 9.98. The standard InChI is InChI=1S/C28H34FN5O2/c1-18-23-16-21(29)7-11-24(23)32-26(18)28(36)33-25(10-6-19-2-3-19)27(35)31-17-20-4-8-22(9-5-20)34-14-12-30-13-15-34/h4-5,7-9,11,16,19,25,30,32H,2-3,6,10,12-15,17H2,1H3,(H,31,35)(H,33,36)/t25-/m0/s1. The topological polar surface area (TPSA) is 89.3 Å². The number of carbonyl (C=O) groups excluding carboxylic acids is 2. The number of H-pyrrole nitrogens is 1. The van der Waals surface area contributed by atoms with Gasteiger partial charge in [0, 0.05) is 49.3 Å². The van der Waals surface area contributed by atoms with E-state index in [0.29, 0.717) is 41.0 Å². The first-order chi connectivity index (χ1) is 17.5. The molecule has 2 aromatic carbocycles. The lowest BCUT2D eigenvalue weighted by atomic mass is 10.1. The van der Waals surface area contributed by atoms with Crippen LogP contribution in [0, 0.1) is 18.7 Å². The predicted octanol–water partition coefficient (Wildman–Crippen LogP) is 3.63. The fourth-order valence-electron chi connectivity index (χ4n) is 4.89. The summed E-state index contributed by atoms with van der Waals surface area (Å²) in [5.41, 5.74) is 3.94. The number of aromatic amines is 1. The summed E-state index contributed by atoms with van der Waals surface area (Å²) in [6, 6.07) is 12.1. The minimum Gasteiger partial charge on any atom is -0.369 e. The Balaban J connectivity index is 1.23. The highest BCUT2D eigenvalue weighted by Gasteiger charge is 2.28. The van der Waals surface area contributed by atoms with E-state index in [1.54, 1.807) is 13.0 Å². The fourth-order valence-corrected chi connectivity index (χ4v) is 4.89. The predicted molar refractivity (Wildman–Crippen MR) is 140 cm³/mol. The first-order valence-corrected chi connectivity index (χ1v) is 12.9. The van der Waals surface area contributed by atoms with Crippen LogP contribution >= 0.6 is 0 Å². The quantitative estimate of drug-likeness (QED) is 0.368. The molecule has 190 valence electrons. The van der Waals surface area contributed by atoms with Gasteiger partial charge in [-0.15, -0.1) is 0 Å². The molecule has 1 atom stereocenters. The Morgan fingerprint density at radius 3 is 2.58 bits per heavy atom. The molecule has 3 aromatic rings. The number of aryl methyl sites for hydroxylation is 1. The van der Waals surface area contributed by atoms with Gasteiger partial charge in [0.2, 0.25) is 5.91 Å². The summed E-state index contributed by atoms with van der Waals surface area (Å²) >= 11 is 0. The van der Waals surface area contributed by atoms with Crippen molar-refractivity contribution in [3.8, 4) is 0 Å². The molecule has 5 rings (SSSR count). The Morgan fingerprint density at radius 1 is 1.11 bits per heavy atom. The molecule has 0 unspecified atom stereocenters. The van der Waals surface area contributed by atoms with Gasteiger partial charge < -0.3 is 25.8 Å². The number of aromatic nitrogens is 1. The maximum absolute atomic E-state index is 13.7. The number of halogens is 1. The summed E-state index contributed by atoms with van der Waals surface area (Å²) < 4.78 is 13.7. The van der Waals surface area contributed by atoms with Crippen LogP contribution in [-0.4, -0.2) is 49.0 Å². The third-order valence-electron chi connectivity index (χ3n) is 7.31. The van der Waals surface area contributed by atoms with E-state index >= 15 is 0 Å². The van der Waals surface area contributed by atoms with Crippen LogP contribution in [0.4, 0.5) is 10.1 Å². The Morgan fingerprint density at radius 2 is 1.86 bits per heavy atom. The van der Waals surface area contributed by atoms with E-state index < -0.39 is 6.04 Å². The Hall–Kier alpha value is -3.39. The number of hydrogen-bond acceptors (Lipinski definition) is 4. The van der Waals surface area contributed by atoms with Crippen molar-refractivity contribution in [2.24, 2.45) is 5.92 Å². The summed E-state index contributed by atoms with van der Waals surface area (Å²) in [6.45, 7) is 6.14. The number of piperazine rings is 1. The van der Waals surface area contributed by atoms with E-state index in [-0.39, 0.29) is 17.6 Å². The summed E-state index contributed by atoms with van der Waals surface area (Å²) in [5.74, 6) is -0.234. The van der Waals surface area contributed by atoms with Gasteiger partial charge in [-0.1, -0.05) is 25.0 Å². The van der Waals surface area contributed by atoms with E-state index in [9.17, 15) is 14.0 Å². The highest BCUT2D eigenvalue weighted by Crippen LogP contribution is 2.34. The third kappa shape index (κ3) is 5.70. The van der Waals surface area contributed by atoms with Crippen molar-refractivity contribution < 1.29 is 14.0 Å². The van der Waals surface area contributed by atoms with Crippen molar-refractivity contribution in [2.75, 3.05) is 31.1 Å². The molecule has 7 nitrogen and oxygen atoms in total. The molecule has 8 heteroatoms. The second kappa shape index (κ2) is 10.7. The van der Waals surface area contributed by atoms with Crippen LogP contribution in [0.5, 0.6) is 0 Å². The number of anilines is 1. The largest absolute Gasteiger partial charge is 0.369 e. The van der Waals surface area contributed by atoms with Gasteiger partial charge in [0.25, 0.3) is 5.91 Å². The molecule has 1 aliphatic heterocycles. The van der Waals surface area contributed by atoms with Crippen LogP contribution < -0.4 is 20.9 Å². The zero-order valence-corrected chi connectivity index (χ0v) is 20.7. The zero-order chi connectivity index (χ0) is 25.1. The van der Waals surface area contributed by atoms with Gasteiger partial charge in [-0.3, -0.25) is 9.59 Å². The van der Waals surface area contributed by atoms with E-state index in [0.717, 1.165) is 38.2 Å². The average molecular weight is 492 g/mol. The summed E-state index contributed by atoms with van der Waals surface area (Å²) in [4.78, 5) is 31.7. The summed E-state index contributed by atoms with van der Waals surface area (Å²) in [6.07, 6.45) is 3.88. The molecule has 2 aliphatic rings. The van der Waals surface area contributed by atoms with Crippen molar-refractivity contribution in [2.45, 2.75) is 45.2 Å². The second-order valence-corrected chi connectivity index (χ2v) is 9.98. The minimum atomic E-state index is -0.624. The smallest absolute Gasteiger partial charge is 0.268 e. The molecule has 0 radical (unpaired) electrons. The molecule has 1 aliphatic carbocycles. The molecule has 4 N–H and O–H groups in total. The van der Waals surface area contributed by atoms with Crippen LogP contribution in [0.3, 0.4) is 0 Å². The molecule has 1 saturated carbocycles. The summed E-state index contributed by atoms with van der Waals surface area (Å²) in [7, 11) is 0. The first kappa shape index (κ1) is 24.3. The van der Waals surface area contributed by atoms with Crippen molar-refractivity contribution in [1.29, 1.82) is 0 Å². The fraction of sp³-hybridized carbons (Fsp3) is 0.429. The van der Waals surface area contributed by atoms with Crippen LogP contribution in [0.2, 0.25) is 0 Å². The Labute approximate surface area is 210 Å². The van der Waals surface area contributed by atoms with Gasteiger partial charge in [0.1, 0.15) is 17.6 Å². The Bertz CT molecular complexity index is 1230. The van der Waals surface area contributed by atoms with Crippen molar-refractivity contribution >= 4 is 28.4 Å². The molecule has 0 spiro atoms. The SMILES string of the molecule is Cc1c(C(=O)N[C@@H](CCC2CC2)C(=O)NCc2ccc(N3CCNCC3)cc2)[nH]c2ccc(F)cc12. The number of nitrogens with one attached hydrogen (secondary N) is 4. The lowest BCUT2D eigenvalue weighted by Crippen LogP contribution is -2.46.